The molecular formula is C13H16BrCl2F3N2O2. The predicted octanol–water partition coefficient (Wildman–Crippen LogP) is 3.53. The molecule has 0 aliphatic carbocycles. The van der Waals surface area contributed by atoms with Gasteiger partial charge in [-0.2, -0.15) is 13.2 Å². The lowest BCUT2D eigenvalue weighted by molar-refractivity contribution is -0.188. The van der Waals surface area contributed by atoms with Crippen LogP contribution in [-0.4, -0.2) is 44.0 Å². The van der Waals surface area contributed by atoms with Gasteiger partial charge in [-0.1, -0.05) is 15.9 Å². The van der Waals surface area contributed by atoms with Crippen molar-refractivity contribution in [3.63, 3.8) is 0 Å². The van der Waals surface area contributed by atoms with Gasteiger partial charge in [-0.25, -0.2) is 0 Å². The summed E-state index contributed by atoms with van der Waals surface area (Å²) in [5.74, 6) is 0.824. The van der Waals surface area contributed by atoms with Crippen LogP contribution in [0.5, 0.6) is 11.5 Å². The van der Waals surface area contributed by atoms with Gasteiger partial charge >= 0.3 is 6.18 Å². The van der Waals surface area contributed by atoms with Crippen LogP contribution in [0.25, 0.3) is 0 Å². The summed E-state index contributed by atoms with van der Waals surface area (Å²) in [6.45, 7) is 1.84. The topological polar surface area (TPSA) is 33.7 Å². The van der Waals surface area contributed by atoms with Crippen molar-refractivity contribution in [3.8, 4) is 11.5 Å². The Morgan fingerprint density at radius 1 is 1.09 bits per heavy atom. The van der Waals surface area contributed by atoms with E-state index in [-0.39, 0.29) is 37.2 Å². The quantitative estimate of drug-likeness (QED) is 0.764. The summed E-state index contributed by atoms with van der Waals surface area (Å²) < 4.78 is 51.5. The monoisotopic (exact) mass is 438 g/mol. The lowest BCUT2D eigenvalue weighted by Crippen LogP contribution is -2.49. The van der Waals surface area contributed by atoms with Gasteiger partial charge in [0, 0.05) is 30.7 Å². The average Bonchev–Trinajstić information content (AvgIpc) is 2.86. The second-order valence-electron chi connectivity index (χ2n) is 4.96. The van der Waals surface area contributed by atoms with Crippen LogP contribution in [0.1, 0.15) is 11.6 Å². The standard InChI is InChI=1S/C13H14BrF3N2O2.2ClH/c14-9-6-11-10(20-7-21-11)5-8(9)12(13(15,16)17)19-3-1-18-2-4-19;;/h5-6,12,18H,1-4,7H2;2*1H/t12-;;/m0../s1. The third-order valence-electron chi connectivity index (χ3n) is 3.61. The van der Waals surface area contributed by atoms with Crippen LogP contribution < -0.4 is 14.8 Å². The fourth-order valence-corrected chi connectivity index (χ4v) is 3.20. The summed E-state index contributed by atoms with van der Waals surface area (Å²) in [6.07, 6.45) is -4.35. The van der Waals surface area contributed by atoms with E-state index in [0.29, 0.717) is 42.2 Å². The van der Waals surface area contributed by atoms with E-state index in [1.807, 2.05) is 0 Å². The molecule has 1 fully saturated rings. The molecule has 0 bridgehead atoms. The van der Waals surface area contributed by atoms with Gasteiger partial charge in [-0.15, -0.1) is 24.8 Å². The van der Waals surface area contributed by atoms with Crippen LogP contribution in [0.4, 0.5) is 13.2 Å². The summed E-state index contributed by atoms with van der Waals surface area (Å²) in [7, 11) is 0. The number of nitrogens with zero attached hydrogens (tertiary/aromatic N) is 1. The number of hydrogen-bond donors (Lipinski definition) is 1. The van der Waals surface area contributed by atoms with Crippen molar-refractivity contribution in [3.05, 3.63) is 22.2 Å². The molecule has 1 atom stereocenters. The van der Waals surface area contributed by atoms with Gasteiger partial charge in [-0.05, 0) is 17.7 Å². The number of rotatable bonds is 2. The predicted molar refractivity (Wildman–Crippen MR) is 88.0 cm³/mol. The Morgan fingerprint density at radius 2 is 1.65 bits per heavy atom. The molecule has 2 aliphatic rings. The van der Waals surface area contributed by atoms with E-state index in [4.69, 9.17) is 9.47 Å². The largest absolute Gasteiger partial charge is 0.454 e. The second kappa shape index (κ2) is 8.11. The summed E-state index contributed by atoms with van der Waals surface area (Å²) >= 11 is 3.23. The van der Waals surface area contributed by atoms with E-state index < -0.39 is 12.2 Å². The second-order valence-corrected chi connectivity index (χ2v) is 5.81. The first-order chi connectivity index (χ1) is 9.97. The van der Waals surface area contributed by atoms with Crippen molar-refractivity contribution in [1.29, 1.82) is 0 Å². The van der Waals surface area contributed by atoms with Crippen molar-refractivity contribution >= 4 is 40.7 Å². The number of ether oxygens (including phenoxy) is 2. The molecule has 4 nitrogen and oxygen atoms in total. The van der Waals surface area contributed by atoms with Crippen LogP contribution in [0.2, 0.25) is 0 Å². The smallest absolute Gasteiger partial charge is 0.408 e. The molecule has 1 aromatic rings. The maximum Gasteiger partial charge on any atom is 0.408 e. The zero-order valence-electron chi connectivity index (χ0n) is 11.9. The van der Waals surface area contributed by atoms with Crippen LogP contribution in [-0.2, 0) is 0 Å². The minimum Gasteiger partial charge on any atom is -0.454 e. The van der Waals surface area contributed by atoms with E-state index in [1.54, 1.807) is 6.07 Å². The lowest BCUT2D eigenvalue weighted by Gasteiger charge is -2.36. The zero-order valence-corrected chi connectivity index (χ0v) is 15.1. The third-order valence-corrected chi connectivity index (χ3v) is 4.30. The Kier molecular flexibility index (Phi) is 7.28. The fraction of sp³-hybridized carbons (Fsp3) is 0.538. The first-order valence-corrected chi connectivity index (χ1v) is 7.36. The van der Waals surface area contributed by atoms with Gasteiger partial charge in [0.15, 0.2) is 11.5 Å². The highest BCUT2D eigenvalue weighted by molar-refractivity contribution is 9.10. The minimum atomic E-state index is -4.35. The number of nitrogens with one attached hydrogen (secondary N) is 1. The van der Waals surface area contributed by atoms with Crippen molar-refractivity contribution in [2.75, 3.05) is 33.0 Å². The Morgan fingerprint density at radius 3 is 2.22 bits per heavy atom. The highest BCUT2D eigenvalue weighted by atomic mass is 79.9. The fourth-order valence-electron chi connectivity index (χ4n) is 2.66. The molecule has 2 aliphatic heterocycles. The van der Waals surface area contributed by atoms with E-state index in [9.17, 15) is 13.2 Å². The molecule has 0 radical (unpaired) electrons. The van der Waals surface area contributed by atoms with Crippen molar-refractivity contribution in [2.24, 2.45) is 0 Å². The van der Waals surface area contributed by atoms with Gasteiger partial charge in [0.05, 0.1) is 0 Å². The molecule has 0 unspecified atom stereocenters. The van der Waals surface area contributed by atoms with Crippen LogP contribution in [0.3, 0.4) is 0 Å². The van der Waals surface area contributed by atoms with Crippen molar-refractivity contribution < 1.29 is 22.6 Å². The van der Waals surface area contributed by atoms with Gasteiger partial charge in [0.25, 0.3) is 0 Å². The Bertz CT molecular complexity index is 543. The number of piperazine rings is 1. The summed E-state index contributed by atoms with van der Waals surface area (Å²) in [5.41, 5.74) is 0.161. The van der Waals surface area contributed by atoms with Crippen LogP contribution in [0, 0.1) is 0 Å². The van der Waals surface area contributed by atoms with Gasteiger partial charge in [-0.3, -0.25) is 4.90 Å². The van der Waals surface area contributed by atoms with Crippen molar-refractivity contribution in [2.45, 2.75) is 12.2 Å². The number of alkyl halides is 3. The molecule has 0 spiro atoms. The minimum absolute atomic E-state index is 0. The molecule has 2 heterocycles. The molecule has 3 rings (SSSR count). The Hall–Kier alpha value is -0.410. The summed E-state index contributed by atoms with van der Waals surface area (Å²) in [4.78, 5) is 1.44. The van der Waals surface area contributed by atoms with E-state index in [1.165, 1.54) is 11.0 Å². The molecule has 0 aromatic heterocycles. The van der Waals surface area contributed by atoms with Crippen LogP contribution in [0.15, 0.2) is 16.6 Å². The molecule has 1 saturated heterocycles. The first kappa shape index (κ1) is 20.6. The lowest BCUT2D eigenvalue weighted by atomic mass is 10.0. The number of benzene rings is 1. The molecule has 1 aromatic carbocycles. The van der Waals surface area contributed by atoms with Gasteiger partial charge in [0.2, 0.25) is 6.79 Å². The third kappa shape index (κ3) is 4.36. The highest BCUT2D eigenvalue weighted by Gasteiger charge is 2.46. The molecule has 132 valence electrons. The summed E-state index contributed by atoms with van der Waals surface area (Å²) in [6, 6.07) is 1.31. The zero-order chi connectivity index (χ0) is 15.0. The maximum absolute atomic E-state index is 13.6. The maximum atomic E-state index is 13.6. The molecule has 0 amide bonds. The Labute approximate surface area is 152 Å². The van der Waals surface area contributed by atoms with E-state index in [0.717, 1.165) is 0 Å². The summed E-state index contributed by atoms with van der Waals surface area (Å²) in [5, 5.41) is 3.06. The number of hydrogen-bond acceptors (Lipinski definition) is 4. The van der Waals surface area contributed by atoms with Gasteiger partial charge in [0.1, 0.15) is 6.04 Å². The molecule has 0 saturated carbocycles. The van der Waals surface area contributed by atoms with Crippen molar-refractivity contribution in [1.82, 2.24) is 10.2 Å². The molecule has 10 heteroatoms. The number of halogens is 6. The molecule has 1 N–H and O–H groups in total. The van der Waals surface area contributed by atoms with Crippen LogP contribution >= 0.6 is 40.7 Å². The van der Waals surface area contributed by atoms with E-state index in [2.05, 4.69) is 21.2 Å². The SMILES string of the molecule is Cl.Cl.FC(F)(F)[C@H](c1cc2c(cc1Br)OCO2)N1CCNCC1. The average molecular weight is 440 g/mol. The molecule has 23 heavy (non-hydrogen) atoms. The first-order valence-electron chi connectivity index (χ1n) is 6.57. The Balaban J connectivity index is 0.00000132. The molecular weight excluding hydrogens is 424 g/mol. The van der Waals surface area contributed by atoms with Gasteiger partial charge < -0.3 is 14.8 Å². The van der Waals surface area contributed by atoms with E-state index >= 15 is 0 Å². The normalized spacial score (nSPS) is 18.8. The highest BCUT2D eigenvalue weighted by Crippen LogP contribution is 2.45. The number of fused-ring (bicyclic) bond motifs is 1.